The summed E-state index contributed by atoms with van der Waals surface area (Å²) < 4.78 is 11.9. The Hall–Kier alpha value is -2.56. The zero-order valence-electron chi connectivity index (χ0n) is 15.0. The molecule has 5 heteroatoms. The number of carbonyl (C=O) groups is 1. The zero-order valence-corrected chi connectivity index (χ0v) is 15.0. The lowest BCUT2D eigenvalue weighted by Crippen LogP contribution is -2.50. The van der Waals surface area contributed by atoms with Crippen LogP contribution in [-0.4, -0.2) is 40.6 Å². The van der Waals surface area contributed by atoms with Gasteiger partial charge in [-0.3, -0.25) is 9.78 Å². The van der Waals surface area contributed by atoms with Gasteiger partial charge in [0.2, 0.25) is 0 Å². The van der Waals surface area contributed by atoms with Gasteiger partial charge >= 0.3 is 0 Å². The summed E-state index contributed by atoms with van der Waals surface area (Å²) in [5.74, 6) is 1.72. The van der Waals surface area contributed by atoms with Gasteiger partial charge in [0.25, 0.3) is 5.91 Å². The summed E-state index contributed by atoms with van der Waals surface area (Å²) in [5, 5.41) is 0. The second-order valence-corrected chi connectivity index (χ2v) is 7.13. The molecule has 26 heavy (non-hydrogen) atoms. The molecule has 2 atom stereocenters. The van der Waals surface area contributed by atoms with E-state index >= 15 is 0 Å². The molecule has 2 unspecified atom stereocenters. The number of rotatable bonds is 5. The number of carbonyl (C=O) groups excluding carboxylic acids is 1. The van der Waals surface area contributed by atoms with Crippen LogP contribution in [0.3, 0.4) is 0 Å². The van der Waals surface area contributed by atoms with Crippen LogP contribution in [0, 0.1) is 6.92 Å². The van der Waals surface area contributed by atoms with E-state index in [0.717, 1.165) is 42.7 Å². The van der Waals surface area contributed by atoms with Crippen LogP contribution in [0.15, 0.2) is 48.8 Å². The molecule has 0 aliphatic carbocycles. The summed E-state index contributed by atoms with van der Waals surface area (Å²) in [6, 6.07) is 12.1. The molecule has 2 aliphatic heterocycles. The fourth-order valence-electron chi connectivity index (χ4n) is 4.17. The van der Waals surface area contributed by atoms with Crippen molar-refractivity contribution in [2.24, 2.45) is 0 Å². The van der Waals surface area contributed by atoms with Crippen molar-refractivity contribution in [3.8, 4) is 11.5 Å². The van der Waals surface area contributed by atoms with Gasteiger partial charge in [-0.15, -0.1) is 0 Å². The Labute approximate surface area is 153 Å². The van der Waals surface area contributed by atoms with Crippen molar-refractivity contribution in [1.82, 2.24) is 9.88 Å². The van der Waals surface area contributed by atoms with E-state index in [4.69, 9.17) is 9.47 Å². The number of para-hydroxylation sites is 1. The van der Waals surface area contributed by atoms with Gasteiger partial charge < -0.3 is 14.4 Å². The second-order valence-electron chi connectivity index (χ2n) is 7.13. The van der Waals surface area contributed by atoms with Crippen LogP contribution in [0.25, 0.3) is 0 Å². The topological polar surface area (TPSA) is 51.7 Å². The molecular weight excluding hydrogens is 328 g/mol. The number of pyridine rings is 1. The Morgan fingerprint density at radius 3 is 2.50 bits per heavy atom. The minimum Gasteiger partial charge on any atom is -0.490 e. The van der Waals surface area contributed by atoms with E-state index < -0.39 is 0 Å². The van der Waals surface area contributed by atoms with Crippen LogP contribution in [-0.2, 0) is 4.79 Å². The lowest BCUT2D eigenvalue weighted by atomic mass is 9.99. The molecule has 2 aliphatic rings. The van der Waals surface area contributed by atoms with Crippen LogP contribution in [0.5, 0.6) is 11.5 Å². The Balaban J connectivity index is 1.35. The van der Waals surface area contributed by atoms with Gasteiger partial charge in [0.15, 0.2) is 6.61 Å². The molecule has 1 amide bonds. The van der Waals surface area contributed by atoms with E-state index in [1.807, 2.05) is 48.2 Å². The van der Waals surface area contributed by atoms with Crippen LogP contribution >= 0.6 is 0 Å². The summed E-state index contributed by atoms with van der Waals surface area (Å²) >= 11 is 0. The zero-order chi connectivity index (χ0) is 17.9. The number of fused-ring (bicyclic) bond motifs is 2. The average molecular weight is 352 g/mol. The van der Waals surface area contributed by atoms with E-state index in [9.17, 15) is 4.79 Å². The smallest absolute Gasteiger partial charge is 0.261 e. The van der Waals surface area contributed by atoms with E-state index in [2.05, 4.69) is 4.98 Å². The first kappa shape index (κ1) is 16.9. The Kier molecular flexibility index (Phi) is 4.78. The summed E-state index contributed by atoms with van der Waals surface area (Å²) in [7, 11) is 0. The summed E-state index contributed by atoms with van der Waals surface area (Å²) in [6.07, 6.45) is 7.52. The summed E-state index contributed by atoms with van der Waals surface area (Å²) in [4.78, 5) is 18.8. The monoisotopic (exact) mass is 352 g/mol. The van der Waals surface area contributed by atoms with Gasteiger partial charge in [0, 0.05) is 37.3 Å². The first-order chi connectivity index (χ1) is 12.7. The lowest BCUT2D eigenvalue weighted by molar-refractivity contribution is -0.139. The quantitative estimate of drug-likeness (QED) is 0.828. The van der Waals surface area contributed by atoms with Crippen molar-refractivity contribution in [1.29, 1.82) is 0 Å². The normalized spacial score (nSPS) is 24.3. The first-order valence-corrected chi connectivity index (χ1v) is 9.27. The minimum absolute atomic E-state index is 0.0862. The SMILES string of the molecule is Cc1ccccc1OCC(=O)N1C2CCC1CC(Oc1ccncc1)C2. The fraction of sp³-hybridized carbons (Fsp3) is 0.429. The van der Waals surface area contributed by atoms with Crippen molar-refractivity contribution in [3.63, 3.8) is 0 Å². The van der Waals surface area contributed by atoms with Crippen molar-refractivity contribution < 1.29 is 14.3 Å². The molecule has 0 spiro atoms. The van der Waals surface area contributed by atoms with Crippen LogP contribution in [0.2, 0.25) is 0 Å². The number of piperidine rings is 1. The molecule has 4 rings (SSSR count). The van der Waals surface area contributed by atoms with Gasteiger partial charge in [-0.1, -0.05) is 18.2 Å². The second kappa shape index (κ2) is 7.36. The third kappa shape index (κ3) is 3.52. The van der Waals surface area contributed by atoms with Gasteiger partial charge in [0.1, 0.15) is 17.6 Å². The molecule has 136 valence electrons. The standard InChI is InChI=1S/C21H24N2O3/c1-15-4-2-3-5-20(15)25-14-21(24)23-16-6-7-17(23)13-19(12-16)26-18-8-10-22-11-9-18/h2-5,8-11,16-17,19H,6-7,12-14H2,1H3. The summed E-state index contributed by atoms with van der Waals surface area (Å²) in [6.45, 7) is 2.10. The molecule has 3 heterocycles. The van der Waals surface area contributed by atoms with Gasteiger partial charge in [-0.2, -0.15) is 0 Å². The van der Waals surface area contributed by atoms with Gasteiger partial charge in [-0.05, 0) is 43.5 Å². The third-order valence-electron chi connectivity index (χ3n) is 5.38. The number of hydrogen-bond donors (Lipinski definition) is 0. The van der Waals surface area contributed by atoms with Crippen molar-refractivity contribution >= 4 is 5.91 Å². The molecule has 2 bridgehead atoms. The van der Waals surface area contributed by atoms with E-state index in [1.54, 1.807) is 12.4 Å². The maximum Gasteiger partial charge on any atom is 0.261 e. The molecule has 1 aromatic carbocycles. The molecule has 1 aromatic heterocycles. The highest BCUT2D eigenvalue weighted by atomic mass is 16.5. The highest BCUT2D eigenvalue weighted by Crippen LogP contribution is 2.37. The van der Waals surface area contributed by atoms with Crippen molar-refractivity contribution in [3.05, 3.63) is 54.4 Å². The molecule has 0 N–H and O–H groups in total. The Morgan fingerprint density at radius 1 is 1.12 bits per heavy atom. The molecule has 2 saturated heterocycles. The average Bonchev–Trinajstić information content (AvgIpc) is 2.93. The fourth-order valence-corrected chi connectivity index (χ4v) is 4.17. The number of benzene rings is 1. The number of aromatic nitrogens is 1. The van der Waals surface area contributed by atoms with Crippen LogP contribution < -0.4 is 9.47 Å². The van der Waals surface area contributed by atoms with Gasteiger partial charge in [-0.25, -0.2) is 0 Å². The molecule has 0 saturated carbocycles. The molecule has 5 nitrogen and oxygen atoms in total. The van der Waals surface area contributed by atoms with E-state index in [0.29, 0.717) is 0 Å². The summed E-state index contributed by atoms with van der Waals surface area (Å²) in [5.41, 5.74) is 1.05. The number of amides is 1. The Morgan fingerprint density at radius 2 is 1.81 bits per heavy atom. The van der Waals surface area contributed by atoms with Gasteiger partial charge in [0.05, 0.1) is 0 Å². The maximum absolute atomic E-state index is 12.8. The molecule has 0 radical (unpaired) electrons. The number of nitrogens with zero attached hydrogens (tertiary/aromatic N) is 2. The lowest BCUT2D eigenvalue weighted by Gasteiger charge is -2.38. The minimum atomic E-state index is 0.0862. The highest BCUT2D eigenvalue weighted by Gasteiger charge is 2.44. The van der Waals surface area contributed by atoms with Crippen LogP contribution in [0.4, 0.5) is 0 Å². The predicted octanol–water partition coefficient (Wildman–Crippen LogP) is 3.37. The van der Waals surface area contributed by atoms with E-state index in [-0.39, 0.29) is 30.7 Å². The number of hydrogen-bond acceptors (Lipinski definition) is 4. The first-order valence-electron chi connectivity index (χ1n) is 9.27. The predicted molar refractivity (Wildman–Crippen MR) is 98.2 cm³/mol. The number of ether oxygens (including phenoxy) is 2. The molecule has 2 fully saturated rings. The number of aryl methyl sites for hydroxylation is 1. The molecule has 2 aromatic rings. The van der Waals surface area contributed by atoms with Crippen molar-refractivity contribution in [2.75, 3.05) is 6.61 Å². The Bertz CT molecular complexity index is 751. The highest BCUT2D eigenvalue weighted by molar-refractivity contribution is 5.79. The van der Waals surface area contributed by atoms with E-state index in [1.165, 1.54) is 0 Å². The maximum atomic E-state index is 12.8. The molecular formula is C21H24N2O3. The third-order valence-corrected chi connectivity index (χ3v) is 5.38. The largest absolute Gasteiger partial charge is 0.490 e. The van der Waals surface area contributed by atoms with Crippen LogP contribution in [0.1, 0.15) is 31.2 Å². The van der Waals surface area contributed by atoms with Crippen molar-refractivity contribution in [2.45, 2.75) is 50.8 Å².